The molecule has 0 spiro atoms. The van der Waals surface area contributed by atoms with Gasteiger partial charge in [0.15, 0.2) is 11.5 Å². The predicted octanol–water partition coefficient (Wildman–Crippen LogP) is 5.33. The highest BCUT2D eigenvalue weighted by Gasteiger charge is 2.26. The van der Waals surface area contributed by atoms with Gasteiger partial charge in [-0.05, 0) is 62.6 Å². The highest BCUT2D eigenvalue weighted by atomic mass is 16.7. The van der Waals surface area contributed by atoms with E-state index in [-0.39, 0.29) is 31.2 Å². The van der Waals surface area contributed by atoms with Crippen LogP contribution in [0.3, 0.4) is 0 Å². The summed E-state index contributed by atoms with van der Waals surface area (Å²) in [6.07, 6.45) is 2.72. The van der Waals surface area contributed by atoms with Crippen molar-refractivity contribution in [2.45, 2.75) is 39.8 Å². The number of H-pyrrole nitrogens is 1. The summed E-state index contributed by atoms with van der Waals surface area (Å²) >= 11 is 0. The fourth-order valence-corrected chi connectivity index (χ4v) is 4.73. The van der Waals surface area contributed by atoms with E-state index in [0.29, 0.717) is 36.6 Å². The van der Waals surface area contributed by atoms with E-state index in [1.807, 2.05) is 44.0 Å². The van der Waals surface area contributed by atoms with E-state index in [9.17, 15) is 9.59 Å². The van der Waals surface area contributed by atoms with Crippen molar-refractivity contribution < 1.29 is 19.1 Å². The summed E-state index contributed by atoms with van der Waals surface area (Å²) in [6, 6.07) is 21.4. The average Bonchev–Trinajstić information content (AvgIpc) is 3.56. The van der Waals surface area contributed by atoms with Gasteiger partial charge in [-0.2, -0.15) is 0 Å². The molecule has 0 saturated carbocycles. The minimum absolute atomic E-state index is 0.00924. The van der Waals surface area contributed by atoms with Crippen LogP contribution in [0, 0.1) is 6.92 Å². The van der Waals surface area contributed by atoms with Gasteiger partial charge in [0.25, 0.3) is 5.91 Å². The summed E-state index contributed by atoms with van der Waals surface area (Å²) in [4.78, 5) is 34.0. The number of benzene rings is 3. The Morgan fingerprint density at radius 1 is 0.974 bits per heavy atom. The Balaban J connectivity index is 1.35. The topological polar surface area (TPSA) is 74.9 Å². The van der Waals surface area contributed by atoms with Gasteiger partial charge in [-0.1, -0.05) is 48.0 Å². The Hall–Kier alpha value is -4.26. The fourth-order valence-electron chi connectivity index (χ4n) is 4.73. The molecule has 196 valence electrons. The molecule has 0 radical (unpaired) electrons. The lowest BCUT2D eigenvalue weighted by atomic mass is 10.1. The first kappa shape index (κ1) is 25.4. The summed E-state index contributed by atoms with van der Waals surface area (Å²) in [7, 11) is 0. The van der Waals surface area contributed by atoms with Gasteiger partial charge in [0.1, 0.15) is 6.54 Å². The second-order valence-corrected chi connectivity index (χ2v) is 10.0. The lowest BCUT2D eigenvalue weighted by Gasteiger charge is -2.30. The number of aromatic nitrogens is 1. The molecule has 0 saturated heterocycles. The molecule has 1 aromatic heterocycles. The van der Waals surface area contributed by atoms with Gasteiger partial charge in [0.2, 0.25) is 12.7 Å². The monoisotopic (exact) mass is 511 g/mol. The number of nitrogens with one attached hydrogen (secondary N) is 1. The van der Waals surface area contributed by atoms with Crippen molar-refractivity contribution in [1.82, 2.24) is 14.8 Å². The lowest BCUT2D eigenvalue weighted by molar-refractivity contribution is -0.132. The van der Waals surface area contributed by atoms with Crippen LogP contribution in [0.5, 0.6) is 11.5 Å². The first-order valence-corrected chi connectivity index (χ1v) is 13.0. The Morgan fingerprint density at radius 2 is 1.74 bits per heavy atom. The number of aromatic amines is 1. The molecule has 4 aromatic rings. The number of hydrogen-bond donors (Lipinski definition) is 1. The van der Waals surface area contributed by atoms with Crippen LogP contribution in [0.2, 0.25) is 0 Å². The molecule has 7 heteroatoms. The molecule has 5 rings (SSSR count). The number of nitrogens with zero attached hydrogens (tertiary/aromatic N) is 2. The molecular formula is C31H33N3O4. The maximum absolute atomic E-state index is 13.8. The minimum Gasteiger partial charge on any atom is -0.454 e. The smallest absolute Gasteiger partial charge is 0.254 e. The third kappa shape index (κ3) is 5.52. The molecule has 0 aliphatic carbocycles. The highest BCUT2D eigenvalue weighted by Crippen LogP contribution is 2.33. The zero-order valence-corrected chi connectivity index (χ0v) is 22.1. The number of fused-ring (bicyclic) bond motifs is 2. The van der Waals surface area contributed by atoms with Crippen LogP contribution in [0.25, 0.3) is 10.9 Å². The molecule has 38 heavy (non-hydrogen) atoms. The van der Waals surface area contributed by atoms with Crippen LogP contribution < -0.4 is 9.47 Å². The molecule has 3 aromatic carbocycles. The normalized spacial score (nSPS) is 12.2. The number of hydrogen-bond acceptors (Lipinski definition) is 4. The molecule has 2 amide bonds. The number of para-hydroxylation sites is 1. The highest BCUT2D eigenvalue weighted by molar-refractivity contribution is 5.97. The van der Waals surface area contributed by atoms with Gasteiger partial charge in [-0.15, -0.1) is 0 Å². The van der Waals surface area contributed by atoms with E-state index in [0.717, 1.165) is 16.5 Å². The predicted molar refractivity (Wildman–Crippen MR) is 147 cm³/mol. The minimum atomic E-state index is -0.210. The second-order valence-electron chi connectivity index (χ2n) is 10.0. The average molecular weight is 512 g/mol. The maximum atomic E-state index is 13.8. The van der Waals surface area contributed by atoms with E-state index in [2.05, 4.69) is 41.4 Å². The largest absolute Gasteiger partial charge is 0.454 e. The summed E-state index contributed by atoms with van der Waals surface area (Å²) in [6.45, 7) is 7.05. The number of carbonyl (C=O) groups excluding carboxylic acids is 2. The van der Waals surface area contributed by atoms with Gasteiger partial charge in [-0.25, -0.2) is 0 Å². The molecule has 7 nitrogen and oxygen atoms in total. The molecule has 0 atom stereocenters. The SMILES string of the molecule is Cc1ccc(CN(CCc2c[nH]c3ccccc23)C(=O)CN(C(=O)c2ccc3c(c2)OCO3)C(C)C)cc1. The molecule has 0 unspecified atom stereocenters. The second kappa shape index (κ2) is 11.0. The molecule has 0 fully saturated rings. The van der Waals surface area contributed by atoms with Crippen LogP contribution in [-0.2, 0) is 17.8 Å². The van der Waals surface area contributed by atoms with Crippen molar-refractivity contribution in [2.75, 3.05) is 19.9 Å². The van der Waals surface area contributed by atoms with Gasteiger partial charge in [0, 0.05) is 41.8 Å². The molecule has 1 aliphatic rings. The van der Waals surface area contributed by atoms with Crippen molar-refractivity contribution in [1.29, 1.82) is 0 Å². The third-order valence-corrected chi connectivity index (χ3v) is 6.98. The fraction of sp³-hybridized carbons (Fsp3) is 0.290. The number of aryl methyl sites for hydroxylation is 1. The van der Waals surface area contributed by atoms with E-state index in [4.69, 9.17) is 9.47 Å². The Bertz CT molecular complexity index is 1440. The molecule has 1 aliphatic heterocycles. The summed E-state index contributed by atoms with van der Waals surface area (Å²) < 4.78 is 10.8. The Morgan fingerprint density at radius 3 is 2.53 bits per heavy atom. The van der Waals surface area contributed by atoms with Crippen LogP contribution in [0.4, 0.5) is 0 Å². The molecule has 2 heterocycles. The van der Waals surface area contributed by atoms with Gasteiger partial charge in [0.05, 0.1) is 0 Å². The number of ether oxygens (including phenoxy) is 2. The van der Waals surface area contributed by atoms with Crippen LogP contribution in [0.1, 0.15) is 40.9 Å². The van der Waals surface area contributed by atoms with E-state index < -0.39 is 0 Å². The first-order chi connectivity index (χ1) is 18.4. The van der Waals surface area contributed by atoms with E-state index >= 15 is 0 Å². The van der Waals surface area contributed by atoms with Crippen LogP contribution in [0.15, 0.2) is 72.9 Å². The lowest BCUT2D eigenvalue weighted by Crippen LogP contribution is -2.46. The van der Waals surface area contributed by atoms with Crippen molar-refractivity contribution in [2.24, 2.45) is 0 Å². The summed E-state index contributed by atoms with van der Waals surface area (Å²) in [5.41, 5.74) is 4.95. The molecule has 0 bridgehead atoms. The zero-order chi connectivity index (χ0) is 26.6. The first-order valence-electron chi connectivity index (χ1n) is 13.0. The van der Waals surface area contributed by atoms with Crippen LogP contribution >= 0.6 is 0 Å². The Labute approximate surface area is 223 Å². The van der Waals surface area contributed by atoms with Crippen molar-refractivity contribution >= 4 is 22.7 Å². The van der Waals surface area contributed by atoms with Crippen molar-refractivity contribution in [3.05, 3.63) is 95.2 Å². The summed E-state index contributed by atoms with van der Waals surface area (Å²) in [5.74, 6) is 0.868. The number of amides is 2. The molecule has 1 N–H and O–H groups in total. The number of rotatable bonds is 9. The standard InChI is InChI=1S/C31H33N3O4/c1-21(2)34(31(36)24-12-13-28-29(16-24)38-20-37-28)19-30(35)33(18-23-10-8-22(3)9-11-23)15-14-25-17-32-27-7-5-4-6-26(25)27/h4-13,16-17,21,32H,14-15,18-20H2,1-3H3. The molecular weight excluding hydrogens is 478 g/mol. The van der Waals surface area contributed by atoms with E-state index in [1.165, 1.54) is 11.1 Å². The van der Waals surface area contributed by atoms with E-state index in [1.54, 1.807) is 23.1 Å². The number of carbonyl (C=O) groups is 2. The third-order valence-electron chi connectivity index (χ3n) is 6.98. The zero-order valence-electron chi connectivity index (χ0n) is 22.1. The van der Waals surface area contributed by atoms with Gasteiger partial charge < -0.3 is 24.3 Å². The Kier molecular flexibility index (Phi) is 7.36. The van der Waals surface area contributed by atoms with Crippen LogP contribution in [-0.4, -0.2) is 52.5 Å². The van der Waals surface area contributed by atoms with Gasteiger partial charge in [-0.3, -0.25) is 9.59 Å². The van der Waals surface area contributed by atoms with Crippen molar-refractivity contribution in [3.63, 3.8) is 0 Å². The maximum Gasteiger partial charge on any atom is 0.254 e. The quantitative estimate of drug-likeness (QED) is 0.330. The summed E-state index contributed by atoms with van der Waals surface area (Å²) in [5, 5.41) is 1.16. The van der Waals surface area contributed by atoms with Gasteiger partial charge >= 0.3 is 0 Å². The van der Waals surface area contributed by atoms with Crippen molar-refractivity contribution in [3.8, 4) is 11.5 Å².